The predicted molar refractivity (Wildman–Crippen MR) is 55.9 cm³/mol. The van der Waals surface area contributed by atoms with Crippen molar-refractivity contribution in [3.8, 4) is 0 Å². The van der Waals surface area contributed by atoms with Crippen molar-refractivity contribution in [3.63, 3.8) is 0 Å². The third kappa shape index (κ3) is 2.97. The van der Waals surface area contributed by atoms with Gasteiger partial charge in [0.05, 0.1) is 5.03 Å². The van der Waals surface area contributed by atoms with Gasteiger partial charge in [-0.3, -0.25) is 0 Å². The Bertz CT molecular complexity index is 253. The molecule has 0 bridgehead atoms. The van der Waals surface area contributed by atoms with Crippen LogP contribution in [0.25, 0.3) is 0 Å². The maximum absolute atomic E-state index is 5.48. The highest BCUT2D eigenvalue weighted by atomic mass is 32.2. The minimum absolute atomic E-state index is 0.647. The highest BCUT2D eigenvalue weighted by Gasteiger charge is 2.01. The molecule has 0 amide bonds. The van der Waals surface area contributed by atoms with Gasteiger partial charge < -0.3 is 5.73 Å². The lowest BCUT2D eigenvalue weighted by Crippen LogP contribution is -2.07. The molecular formula is C9H15N3S. The lowest BCUT2D eigenvalue weighted by atomic mass is 10.3. The van der Waals surface area contributed by atoms with Gasteiger partial charge in [-0.05, 0) is 18.9 Å². The highest BCUT2D eigenvalue weighted by molar-refractivity contribution is 7.98. The van der Waals surface area contributed by atoms with Crippen LogP contribution in [0.3, 0.4) is 0 Å². The molecule has 0 aliphatic carbocycles. The quantitative estimate of drug-likeness (QED) is 0.583. The van der Waals surface area contributed by atoms with Crippen LogP contribution in [0.2, 0.25) is 0 Å². The van der Waals surface area contributed by atoms with Gasteiger partial charge in [0.15, 0.2) is 0 Å². The Labute approximate surface area is 83.2 Å². The normalized spacial score (nSPS) is 10.4. The molecule has 0 aliphatic rings. The van der Waals surface area contributed by atoms with E-state index in [9.17, 15) is 0 Å². The Kier molecular flexibility index (Phi) is 4.18. The number of nitrogens with zero attached hydrogens (tertiary/aromatic N) is 2. The van der Waals surface area contributed by atoms with Crippen molar-refractivity contribution in [2.75, 3.05) is 12.8 Å². The van der Waals surface area contributed by atoms with Crippen molar-refractivity contribution in [2.45, 2.75) is 24.8 Å². The number of aryl methyl sites for hydroxylation is 1. The van der Waals surface area contributed by atoms with E-state index in [2.05, 4.69) is 16.9 Å². The smallest absolute Gasteiger partial charge is 0.129 e. The molecule has 2 N–H and O–H groups in total. The van der Waals surface area contributed by atoms with E-state index in [1.807, 2.05) is 12.3 Å². The average molecular weight is 197 g/mol. The summed E-state index contributed by atoms with van der Waals surface area (Å²) in [5.41, 5.74) is 6.53. The monoisotopic (exact) mass is 197 g/mol. The van der Waals surface area contributed by atoms with Gasteiger partial charge in [0.2, 0.25) is 0 Å². The van der Waals surface area contributed by atoms with Gasteiger partial charge in [0.25, 0.3) is 0 Å². The Morgan fingerprint density at radius 3 is 2.77 bits per heavy atom. The van der Waals surface area contributed by atoms with Crippen molar-refractivity contribution in [1.82, 2.24) is 9.97 Å². The number of hydrogen-bond acceptors (Lipinski definition) is 4. The fourth-order valence-corrected chi connectivity index (χ4v) is 1.51. The summed E-state index contributed by atoms with van der Waals surface area (Å²) in [7, 11) is 0. The second-order valence-electron chi connectivity index (χ2n) is 2.71. The SMILES string of the molecule is CCc1nc(CCN)cc(SC)n1. The van der Waals surface area contributed by atoms with Crippen LogP contribution >= 0.6 is 11.8 Å². The molecule has 0 saturated heterocycles. The maximum Gasteiger partial charge on any atom is 0.129 e. The summed E-state index contributed by atoms with van der Waals surface area (Å²) >= 11 is 1.65. The summed E-state index contributed by atoms with van der Waals surface area (Å²) in [4.78, 5) is 8.75. The van der Waals surface area contributed by atoms with Gasteiger partial charge in [-0.15, -0.1) is 11.8 Å². The topological polar surface area (TPSA) is 51.8 Å². The number of nitrogens with two attached hydrogens (primary N) is 1. The van der Waals surface area contributed by atoms with E-state index in [1.165, 1.54) is 0 Å². The molecule has 1 aromatic rings. The van der Waals surface area contributed by atoms with E-state index < -0.39 is 0 Å². The average Bonchev–Trinajstić information content (AvgIpc) is 2.17. The summed E-state index contributed by atoms with van der Waals surface area (Å²) in [6, 6.07) is 2.01. The minimum Gasteiger partial charge on any atom is -0.330 e. The zero-order valence-corrected chi connectivity index (χ0v) is 8.90. The number of thioether (sulfide) groups is 1. The molecular weight excluding hydrogens is 182 g/mol. The summed E-state index contributed by atoms with van der Waals surface area (Å²) in [5, 5.41) is 1.04. The van der Waals surface area contributed by atoms with Gasteiger partial charge in [0.1, 0.15) is 5.82 Å². The van der Waals surface area contributed by atoms with E-state index in [0.717, 1.165) is 29.4 Å². The minimum atomic E-state index is 0.647. The maximum atomic E-state index is 5.48. The van der Waals surface area contributed by atoms with Crippen LogP contribution in [0.1, 0.15) is 18.4 Å². The van der Waals surface area contributed by atoms with Gasteiger partial charge in [-0.2, -0.15) is 0 Å². The molecule has 0 aliphatic heterocycles. The Morgan fingerprint density at radius 2 is 2.23 bits per heavy atom. The van der Waals surface area contributed by atoms with Crippen molar-refractivity contribution < 1.29 is 0 Å². The van der Waals surface area contributed by atoms with Crippen molar-refractivity contribution in [2.24, 2.45) is 5.73 Å². The Hall–Kier alpha value is -0.610. The van der Waals surface area contributed by atoms with Crippen LogP contribution in [-0.4, -0.2) is 22.8 Å². The van der Waals surface area contributed by atoms with Gasteiger partial charge in [0, 0.05) is 18.5 Å². The largest absolute Gasteiger partial charge is 0.330 e. The van der Waals surface area contributed by atoms with Gasteiger partial charge in [-0.25, -0.2) is 9.97 Å². The summed E-state index contributed by atoms with van der Waals surface area (Å²) < 4.78 is 0. The zero-order valence-electron chi connectivity index (χ0n) is 8.08. The lowest BCUT2D eigenvalue weighted by molar-refractivity contribution is 0.823. The van der Waals surface area contributed by atoms with Gasteiger partial charge >= 0.3 is 0 Å². The lowest BCUT2D eigenvalue weighted by Gasteiger charge is -2.03. The summed E-state index contributed by atoms with van der Waals surface area (Å²) in [5.74, 6) is 0.912. The summed E-state index contributed by atoms with van der Waals surface area (Å²) in [6.07, 6.45) is 3.74. The van der Waals surface area contributed by atoms with Crippen molar-refractivity contribution in [1.29, 1.82) is 0 Å². The second kappa shape index (κ2) is 5.19. The molecule has 0 spiro atoms. The zero-order chi connectivity index (χ0) is 9.68. The molecule has 1 heterocycles. The molecule has 13 heavy (non-hydrogen) atoms. The molecule has 1 aromatic heterocycles. The first kappa shape index (κ1) is 10.5. The van der Waals surface area contributed by atoms with E-state index in [0.29, 0.717) is 6.54 Å². The van der Waals surface area contributed by atoms with Crippen LogP contribution in [-0.2, 0) is 12.8 Å². The second-order valence-corrected chi connectivity index (χ2v) is 3.54. The Morgan fingerprint density at radius 1 is 1.46 bits per heavy atom. The number of hydrogen-bond donors (Lipinski definition) is 1. The molecule has 0 unspecified atom stereocenters. The Balaban J connectivity index is 2.93. The molecule has 3 nitrogen and oxygen atoms in total. The summed E-state index contributed by atoms with van der Waals surface area (Å²) in [6.45, 7) is 2.71. The first-order chi connectivity index (χ1) is 6.30. The van der Waals surface area contributed by atoms with Crippen LogP contribution in [0.4, 0.5) is 0 Å². The number of aromatic nitrogens is 2. The molecule has 0 saturated carbocycles. The van der Waals surface area contributed by atoms with Crippen molar-refractivity contribution >= 4 is 11.8 Å². The fourth-order valence-electron chi connectivity index (χ4n) is 1.06. The van der Waals surface area contributed by atoms with Crippen LogP contribution in [0.15, 0.2) is 11.1 Å². The van der Waals surface area contributed by atoms with E-state index in [1.54, 1.807) is 11.8 Å². The number of rotatable bonds is 4. The van der Waals surface area contributed by atoms with E-state index in [-0.39, 0.29) is 0 Å². The van der Waals surface area contributed by atoms with Crippen molar-refractivity contribution in [3.05, 3.63) is 17.6 Å². The van der Waals surface area contributed by atoms with E-state index in [4.69, 9.17) is 5.73 Å². The predicted octanol–water partition coefficient (Wildman–Crippen LogP) is 1.26. The van der Waals surface area contributed by atoms with Crippen LogP contribution in [0, 0.1) is 0 Å². The van der Waals surface area contributed by atoms with E-state index >= 15 is 0 Å². The van der Waals surface area contributed by atoms with Crippen LogP contribution < -0.4 is 5.73 Å². The molecule has 0 aromatic carbocycles. The standard InChI is InChI=1S/C9H15N3S/c1-3-8-11-7(4-5-10)6-9(12-8)13-2/h6H,3-5,10H2,1-2H3. The molecule has 4 heteroatoms. The van der Waals surface area contributed by atoms with Crippen LogP contribution in [0.5, 0.6) is 0 Å². The first-order valence-electron chi connectivity index (χ1n) is 4.41. The fraction of sp³-hybridized carbons (Fsp3) is 0.556. The molecule has 0 atom stereocenters. The highest BCUT2D eigenvalue weighted by Crippen LogP contribution is 2.13. The molecule has 0 fully saturated rings. The molecule has 1 rings (SSSR count). The third-order valence-corrected chi connectivity index (χ3v) is 2.36. The molecule has 0 radical (unpaired) electrons. The first-order valence-corrected chi connectivity index (χ1v) is 5.63. The molecule has 72 valence electrons. The van der Waals surface area contributed by atoms with Gasteiger partial charge in [-0.1, -0.05) is 6.92 Å². The third-order valence-electron chi connectivity index (χ3n) is 1.73.